The maximum Gasteiger partial charge on any atom is 0.226 e. The normalized spacial score (nSPS) is 16.3. The van der Waals surface area contributed by atoms with Crippen molar-refractivity contribution in [2.75, 3.05) is 19.8 Å². The molecule has 2 aromatic rings. The molecule has 152 valence electrons. The van der Waals surface area contributed by atoms with E-state index >= 15 is 0 Å². The van der Waals surface area contributed by atoms with E-state index in [2.05, 4.69) is 43.2 Å². The van der Waals surface area contributed by atoms with Crippen LogP contribution >= 0.6 is 0 Å². The van der Waals surface area contributed by atoms with Crippen LogP contribution in [-0.2, 0) is 26.1 Å². The summed E-state index contributed by atoms with van der Waals surface area (Å²) >= 11 is 0. The van der Waals surface area contributed by atoms with Gasteiger partial charge in [0.2, 0.25) is 11.8 Å². The highest BCUT2D eigenvalue weighted by atomic mass is 16.7. The van der Waals surface area contributed by atoms with Gasteiger partial charge >= 0.3 is 0 Å². The summed E-state index contributed by atoms with van der Waals surface area (Å²) in [6.07, 6.45) is 0.801. The lowest BCUT2D eigenvalue weighted by Crippen LogP contribution is -2.34. The highest BCUT2D eigenvalue weighted by Crippen LogP contribution is 2.27. The first kappa shape index (κ1) is 20.6. The molecule has 1 aromatic heterocycles. The second-order valence-corrected chi connectivity index (χ2v) is 8.46. The van der Waals surface area contributed by atoms with Crippen LogP contribution in [0.2, 0.25) is 0 Å². The summed E-state index contributed by atoms with van der Waals surface area (Å²) in [7, 11) is 0. The molecule has 2 heterocycles. The summed E-state index contributed by atoms with van der Waals surface area (Å²) < 4.78 is 16.9. The van der Waals surface area contributed by atoms with E-state index < -0.39 is 5.79 Å². The maximum absolute atomic E-state index is 12.3. The summed E-state index contributed by atoms with van der Waals surface area (Å²) in [5, 5.41) is 2.90. The first-order valence-corrected chi connectivity index (χ1v) is 9.78. The monoisotopic (exact) mass is 386 g/mol. The van der Waals surface area contributed by atoms with E-state index in [1.807, 2.05) is 26.0 Å². The van der Waals surface area contributed by atoms with Gasteiger partial charge in [0.25, 0.3) is 0 Å². The first-order valence-electron chi connectivity index (χ1n) is 9.78. The molecule has 0 aliphatic carbocycles. The second kappa shape index (κ2) is 8.05. The highest BCUT2D eigenvalue weighted by Gasteiger charge is 2.30. The molecule has 6 heteroatoms. The van der Waals surface area contributed by atoms with Gasteiger partial charge in [-0.15, -0.1) is 0 Å². The van der Waals surface area contributed by atoms with Crippen molar-refractivity contribution in [2.45, 2.75) is 58.7 Å². The lowest BCUT2D eigenvalue weighted by molar-refractivity contribution is -0.146. The molecule has 1 aliphatic rings. The van der Waals surface area contributed by atoms with Crippen molar-refractivity contribution in [1.82, 2.24) is 10.3 Å². The van der Waals surface area contributed by atoms with E-state index in [1.54, 1.807) is 0 Å². The molecule has 1 aromatic carbocycles. The third-order valence-corrected chi connectivity index (χ3v) is 5.02. The molecule has 0 radical (unpaired) electrons. The number of hydrogen-bond acceptors (Lipinski definition) is 5. The quantitative estimate of drug-likeness (QED) is 0.818. The van der Waals surface area contributed by atoms with Crippen LogP contribution in [0.1, 0.15) is 51.1 Å². The Hall–Kier alpha value is -2.18. The third-order valence-electron chi connectivity index (χ3n) is 5.02. The zero-order valence-corrected chi connectivity index (χ0v) is 17.4. The number of nitrogens with zero attached hydrogens (tertiary/aromatic N) is 1. The van der Waals surface area contributed by atoms with Crippen LogP contribution in [0.4, 0.5) is 0 Å². The summed E-state index contributed by atoms with van der Waals surface area (Å²) in [4.78, 5) is 16.8. The number of amides is 1. The topological polar surface area (TPSA) is 73.6 Å². The van der Waals surface area contributed by atoms with Crippen LogP contribution in [-0.4, -0.2) is 36.4 Å². The number of benzene rings is 1. The summed E-state index contributed by atoms with van der Waals surface area (Å²) in [5.41, 5.74) is 2.92. The zero-order chi connectivity index (χ0) is 20.4. The van der Waals surface area contributed by atoms with Gasteiger partial charge in [0.15, 0.2) is 5.79 Å². The Morgan fingerprint density at radius 3 is 2.43 bits per heavy atom. The number of rotatable bonds is 6. The summed E-state index contributed by atoms with van der Waals surface area (Å²) in [6, 6.07) is 8.21. The molecule has 3 rings (SSSR count). The van der Waals surface area contributed by atoms with Crippen molar-refractivity contribution in [2.24, 2.45) is 0 Å². The van der Waals surface area contributed by atoms with Gasteiger partial charge in [-0.3, -0.25) is 4.79 Å². The van der Waals surface area contributed by atoms with E-state index in [4.69, 9.17) is 13.9 Å². The molecular formula is C22H30N2O4. The molecule has 28 heavy (non-hydrogen) atoms. The molecule has 0 saturated carbocycles. The predicted octanol–water partition coefficient (Wildman–Crippen LogP) is 3.76. The standard InChI is InChI=1S/C22H30N2O4/c1-15-18(14-19(25)23-11-10-22(5)26-12-13-27-22)24-20(28-15)16-6-8-17(9-7-16)21(2,3)4/h6-9H,10-14H2,1-5H3,(H,23,25). The first-order chi connectivity index (χ1) is 13.2. The predicted molar refractivity (Wildman–Crippen MR) is 107 cm³/mol. The number of aryl methyl sites for hydroxylation is 1. The van der Waals surface area contributed by atoms with Crippen LogP contribution in [0.5, 0.6) is 0 Å². The SMILES string of the molecule is Cc1oc(-c2ccc(C(C)(C)C)cc2)nc1CC(=O)NCCC1(C)OCCO1. The lowest BCUT2D eigenvalue weighted by atomic mass is 9.87. The average molecular weight is 386 g/mol. The fourth-order valence-corrected chi connectivity index (χ4v) is 3.17. The van der Waals surface area contributed by atoms with Crippen LogP contribution in [0.15, 0.2) is 28.7 Å². The van der Waals surface area contributed by atoms with Gasteiger partial charge in [0, 0.05) is 18.5 Å². The van der Waals surface area contributed by atoms with E-state index in [9.17, 15) is 4.79 Å². The number of aromatic nitrogens is 1. The van der Waals surface area contributed by atoms with Crippen molar-refractivity contribution >= 4 is 5.91 Å². The van der Waals surface area contributed by atoms with E-state index in [0.717, 1.165) is 5.56 Å². The van der Waals surface area contributed by atoms with Crippen molar-refractivity contribution in [3.05, 3.63) is 41.3 Å². The molecule has 6 nitrogen and oxygen atoms in total. The smallest absolute Gasteiger partial charge is 0.226 e. The highest BCUT2D eigenvalue weighted by molar-refractivity contribution is 5.78. The third kappa shape index (κ3) is 5.00. The molecular weight excluding hydrogens is 356 g/mol. The van der Waals surface area contributed by atoms with Gasteiger partial charge in [-0.2, -0.15) is 0 Å². The van der Waals surface area contributed by atoms with Crippen LogP contribution in [0.3, 0.4) is 0 Å². The fraction of sp³-hybridized carbons (Fsp3) is 0.545. The zero-order valence-electron chi connectivity index (χ0n) is 17.4. The van der Waals surface area contributed by atoms with Gasteiger partial charge in [-0.1, -0.05) is 32.9 Å². The minimum atomic E-state index is -0.594. The van der Waals surface area contributed by atoms with Crippen molar-refractivity contribution in [3.8, 4) is 11.5 Å². The van der Waals surface area contributed by atoms with Gasteiger partial charge in [-0.25, -0.2) is 4.98 Å². The Kier molecular flexibility index (Phi) is 5.91. The molecule has 0 bridgehead atoms. The Labute approximate surface area is 166 Å². The minimum Gasteiger partial charge on any atom is -0.441 e. The molecule has 0 atom stereocenters. The fourth-order valence-electron chi connectivity index (χ4n) is 3.17. The van der Waals surface area contributed by atoms with Crippen molar-refractivity contribution in [3.63, 3.8) is 0 Å². The van der Waals surface area contributed by atoms with Gasteiger partial charge in [0.05, 0.1) is 25.3 Å². The average Bonchev–Trinajstić information content (AvgIpc) is 3.21. The van der Waals surface area contributed by atoms with Crippen LogP contribution in [0, 0.1) is 6.92 Å². The van der Waals surface area contributed by atoms with Crippen LogP contribution in [0.25, 0.3) is 11.5 Å². The largest absolute Gasteiger partial charge is 0.441 e. The number of oxazole rings is 1. The molecule has 0 unspecified atom stereocenters. The maximum atomic E-state index is 12.3. The summed E-state index contributed by atoms with van der Waals surface area (Å²) in [5.74, 6) is 0.525. The van der Waals surface area contributed by atoms with Gasteiger partial charge in [-0.05, 0) is 37.0 Å². The Morgan fingerprint density at radius 1 is 1.18 bits per heavy atom. The number of nitrogens with one attached hydrogen (secondary N) is 1. The lowest BCUT2D eigenvalue weighted by Gasteiger charge is -2.22. The van der Waals surface area contributed by atoms with Gasteiger partial charge < -0.3 is 19.2 Å². The number of ether oxygens (including phenoxy) is 2. The molecule has 0 spiro atoms. The number of hydrogen-bond donors (Lipinski definition) is 1. The Bertz CT molecular complexity index is 812. The number of carbonyl (C=O) groups excluding carboxylic acids is 1. The Morgan fingerprint density at radius 2 is 1.82 bits per heavy atom. The Balaban J connectivity index is 1.58. The summed E-state index contributed by atoms with van der Waals surface area (Å²) in [6.45, 7) is 12.0. The molecule has 1 fully saturated rings. The van der Waals surface area contributed by atoms with Crippen molar-refractivity contribution in [1.29, 1.82) is 0 Å². The van der Waals surface area contributed by atoms with E-state index in [-0.39, 0.29) is 17.7 Å². The van der Waals surface area contributed by atoms with Crippen LogP contribution < -0.4 is 5.32 Å². The minimum absolute atomic E-state index is 0.0902. The van der Waals surface area contributed by atoms with E-state index in [1.165, 1.54) is 5.56 Å². The number of carbonyl (C=O) groups is 1. The second-order valence-electron chi connectivity index (χ2n) is 8.46. The molecule has 1 amide bonds. The van der Waals surface area contributed by atoms with E-state index in [0.29, 0.717) is 43.5 Å². The van der Waals surface area contributed by atoms with Crippen molar-refractivity contribution < 1.29 is 18.7 Å². The van der Waals surface area contributed by atoms with Gasteiger partial charge in [0.1, 0.15) is 5.76 Å². The molecule has 1 N–H and O–H groups in total. The molecule has 1 aliphatic heterocycles. The molecule has 1 saturated heterocycles.